The lowest BCUT2D eigenvalue weighted by Crippen LogP contribution is -2.30. The van der Waals surface area contributed by atoms with Crippen LogP contribution in [0, 0.1) is 6.92 Å². The van der Waals surface area contributed by atoms with Crippen LogP contribution < -0.4 is 10.6 Å². The van der Waals surface area contributed by atoms with Gasteiger partial charge in [0.05, 0.1) is 11.0 Å². The van der Waals surface area contributed by atoms with Crippen LogP contribution in [0.5, 0.6) is 0 Å². The van der Waals surface area contributed by atoms with E-state index in [0.717, 1.165) is 31.0 Å². The van der Waals surface area contributed by atoms with Crippen molar-refractivity contribution in [3.63, 3.8) is 0 Å². The highest BCUT2D eigenvalue weighted by Gasteiger charge is 2.13. The van der Waals surface area contributed by atoms with E-state index in [1.54, 1.807) is 0 Å². The molecule has 0 saturated carbocycles. The summed E-state index contributed by atoms with van der Waals surface area (Å²) in [7, 11) is 2.06. The molecule has 2 N–H and O–H groups in total. The Hall–Kier alpha value is -1.39. The molecule has 1 atom stereocenters. The number of nitrogens with zero attached hydrogens (tertiary/aromatic N) is 2. The zero-order valence-electron chi connectivity index (χ0n) is 11.0. The average molecular weight is 244 g/mol. The van der Waals surface area contributed by atoms with Gasteiger partial charge in [-0.1, -0.05) is 6.07 Å². The summed E-state index contributed by atoms with van der Waals surface area (Å²) in [4.78, 5) is 4.58. The van der Waals surface area contributed by atoms with E-state index in [4.69, 9.17) is 0 Å². The first kappa shape index (κ1) is 11.7. The van der Waals surface area contributed by atoms with Gasteiger partial charge in [-0.2, -0.15) is 0 Å². The van der Waals surface area contributed by atoms with Crippen molar-refractivity contribution in [1.82, 2.24) is 20.2 Å². The first-order valence-electron chi connectivity index (χ1n) is 6.60. The highest BCUT2D eigenvalue weighted by molar-refractivity contribution is 5.76. The fourth-order valence-electron chi connectivity index (χ4n) is 2.57. The summed E-state index contributed by atoms with van der Waals surface area (Å²) >= 11 is 0. The maximum Gasteiger partial charge on any atom is 0.106 e. The minimum Gasteiger partial charge on any atom is -0.331 e. The lowest BCUT2D eigenvalue weighted by atomic mass is 10.2. The van der Waals surface area contributed by atoms with Gasteiger partial charge in [-0.25, -0.2) is 4.98 Å². The van der Waals surface area contributed by atoms with E-state index < -0.39 is 0 Å². The topological polar surface area (TPSA) is 41.9 Å². The number of hydrogen-bond acceptors (Lipinski definition) is 3. The number of rotatable bonds is 3. The Balaban J connectivity index is 1.76. The molecule has 0 bridgehead atoms. The van der Waals surface area contributed by atoms with Crippen molar-refractivity contribution in [2.75, 3.05) is 13.1 Å². The average Bonchev–Trinajstić information content (AvgIpc) is 2.97. The second-order valence-corrected chi connectivity index (χ2v) is 5.11. The van der Waals surface area contributed by atoms with Gasteiger partial charge in [-0.15, -0.1) is 0 Å². The van der Waals surface area contributed by atoms with Crippen molar-refractivity contribution in [2.24, 2.45) is 7.05 Å². The molecule has 1 unspecified atom stereocenters. The van der Waals surface area contributed by atoms with E-state index in [0.29, 0.717) is 6.04 Å². The van der Waals surface area contributed by atoms with Gasteiger partial charge in [0.15, 0.2) is 0 Å². The molecule has 18 heavy (non-hydrogen) atoms. The van der Waals surface area contributed by atoms with E-state index in [9.17, 15) is 0 Å². The smallest absolute Gasteiger partial charge is 0.106 e. The predicted octanol–water partition coefficient (Wildman–Crippen LogP) is 1.33. The van der Waals surface area contributed by atoms with Crippen LogP contribution in [0.2, 0.25) is 0 Å². The van der Waals surface area contributed by atoms with Crippen LogP contribution in [0.1, 0.15) is 17.8 Å². The Morgan fingerprint density at radius 2 is 2.39 bits per heavy atom. The van der Waals surface area contributed by atoms with Crippen LogP contribution in [0.15, 0.2) is 18.2 Å². The van der Waals surface area contributed by atoms with Gasteiger partial charge >= 0.3 is 0 Å². The monoisotopic (exact) mass is 244 g/mol. The largest absolute Gasteiger partial charge is 0.331 e. The first-order valence-corrected chi connectivity index (χ1v) is 6.60. The molecule has 1 saturated heterocycles. The first-order chi connectivity index (χ1) is 8.74. The maximum absolute atomic E-state index is 4.58. The van der Waals surface area contributed by atoms with Crippen LogP contribution in [-0.2, 0) is 13.6 Å². The van der Waals surface area contributed by atoms with Gasteiger partial charge in [0.25, 0.3) is 0 Å². The SMILES string of the molecule is Cc1nc2cc(CNC3CCNC3)ccc2n1C. The van der Waals surface area contributed by atoms with E-state index in [1.807, 2.05) is 6.92 Å². The second-order valence-electron chi connectivity index (χ2n) is 5.11. The zero-order valence-corrected chi connectivity index (χ0v) is 11.0. The Labute approximate surface area is 107 Å². The van der Waals surface area contributed by atoms with E-state index in [1.165, 1.54) is 17.5 Å². The van der Waals surface area contributed by atoms with Crippen molar-refractivity contribution in [3.8, 4) is 0 Å². The number of benzene rings is 1. The van der Waals surface area contributed by atoms with E-state index in [-0.39, 0.29) is 0 Å². The third kappa shape index (κ3) is 2.13. The summed E-state index contributed by atoms with van der Waals surface area (Å²) in [5, 5.41) is 6.96. The van der Waals surface area contributed by atoms with E-state index in [2.05, 4.69) is 45.4 Å². The molecule has 1 aromatic carbocycles. The summed E-state index contributed by atoms with van der Waals surface area (Å²) in [5.74, 6) is 1.06. The van der Waals surface area contributed by atoms with Gasteiger partial charge in [0, 0.05) is 26.2 Å². The molecule has 1 aliphatic rings. The van der Waals surface area contributed by atoms with Gasteiger partial charge in [0.2, 0.25) is 0 Å². The predicted molar refractivity (Wildman–Crippen MR) is 73.6 cm³/mol. The Morgan fingerprint density at radius 1 is 1.50 bits per heavy atom. The number of nitrogens with one attached hydrogen (secondary N) is 2. The Bertz CT molecular complexity index is 552. The van der Waals surface area contributed by atoms with Crippen LogP contribution in [0.3, 0.4) is 0 Å². The summed E-state index contributed by atoms with van der Waals surface area (Å²) in [6.45, 7) is 5.20. The molecule has 96 valence electrons. The fourth-order valence-corrected chi connectivity index (χ4v) is 2.57. The third-order valence-corrected chi connectivity index (χ3v) is 3.82. The number of imidazole rings is 1. The number of hydrogen-bond donors (Lipinski definition) is 2. The molecule has 1 aromatic heterocycles. The number of aryl methyl sites for hydroxylation is 2. The minimum absolute atomic E-state index is 0.617. The maximum atomic E-state index is 4.58. The zero-order chi connectivity index (χ0) is 12.5. The molecule has 1 aliphatic heterocycles. The summed E-state index contributed by atoms with van der Waals surface area (Å²) in [6, 6.07) is 7.17. The van der Waals surface area contributed by atoms with Crippen molar-refractivity contribution in [2.45, 2.75) is 25.9 Å². The molecule has 3 rings (SSSR count). The number of fused-ring (bicyclic) bond motifs is 1. The summed E-state index contributed by atoms with van der Waals surface area (Å²) < 4.78 is 2.13. The van der Waals surface area contributed by atoms with Gasteiger partial charge < -0.3 is 15.2 Å². The Morgan fingerprint density at radius 3 is 3.17 bits per heavy atom. The van der Waals surface area contributed by atoms with Gasteiger partial charge in [0.1, 0.15) is 5.82 Å². The van der Waals surface area contributed by atoms with Gasteiger partial charge in [-0.3, -0.25) is 0 Å². The van der Waals surface area contributed by atoms with Crippen LogP contribution in [0.25, 0.3) is 11.0 Å². The molecule has 2 heterocycles. The molecule has 4 heteroatoms. The highest BCUT2D eigenvalue weighted by Crippen LogP contribution is 2.16. The normalized spacial score (nSPS) is 19.8. The fraction of sp³-hybridized carbons (Fsp3) is 0.500. The second kappa shape index (κ2) is 4.71. The quantitative estimate of drug-likeness (QED) is 0.856. The van der Waals surface area contributed by atoms with Crippen LogP contribution in [-0.4, -0.2) is 28.7 Å². The van der Waals surface area contributed by atoms with Crippen LogP contribution in [0.4, 0.5) is 0 Å². The van der Waals surface area contributed by atoms with Crippen molar-refractivity contribution < 1.29 is 0 Å². The molecular weight excluding hydrogens is 224 g/mol. The molecular formula is C14H20N4. The molecule has 0 aliphatic carbocycles. The minimum atomic E-state index is 0.617. The van der Waals surface area contributed by atoms with Crippen molar-refractivity contribution >= 4 is 11.0 Å². The molecule has 0 radical (unpaired) electrons. The number of aromatic nitrogens is 2. The highest BCUT2D eigenvalue weighted by atomic mass is 15.1. The molecule has 2 aromatic rings. The van der Waals surface area contributed by atoms with Crippen molar-refractivity contribution in [3.05, 3.63) is 29.6 Å². The summed E-state index contributed by atoms with van der Waals surface area (Å²) in [6.07, 6.45) is 1.23. The third-order valence-electron chi connectivity index (χ3n) is 3.82. The summed E-state index contributed by atoms with van der Waals surface area (Å²) in [5.41, 5.74) is 3.62. The Kier molecular flexibility index (Phi) is 3.06. The molecule has 1 fully saturated rings. The van der Waals surface area contributed by atoms with Crippen LogP contribution >= 0.6 is 0 Å². The van der Waals surface area contributed by atoms with Gasteiger partial charge in [-0.05, 0) is 37.6 Å². The lowest BCUT2D eigenvalue weighted by Gasteiger charge is -2.11. The molecule has 0 spiro atoms. The molecule has 4 nitrogen and oxygen atoms in total. The molecule has 0 amide bonds. The van der Waals surface area contributed by atoms with Crippen molar-refractivity contribution in [1.29, 1.82) is 0 Å². The van der Waals surface area contributed by atoms with E-state index >= 15 is 0 Å². The lowest BCUT2D eigenvalue weighted by molar-refractivity contribution is 0.547. The standard InChI is InChI=1S/C14H20N4/c1-10-17-13-7-11(3-4-14(13)18(10)2)8-16-12-5-6-15-9-12/h3-4,7,12,15-16H,5-6,8-9H2,1-2H3.